The predicted molar refractivity (Wildman–Crippen MR) is 94.5 cm³/mol. The minimum atomic E-state index is 0.107. The van der Waals surface area contributed by atoms with Crippen molar-refractivity contribution in [2.45, 2.75) is 6.92 Å². The van der Waals surface area contributed by atoms with Gasteiger partial charge in [0.25, 0.3) is 0 Å². The van der Waals surface area contributed by atoms with E-state index in [0.29, 0.717) is 29.4 Å². The Bertz CT molecular complexity index is 806. The van der Waals surface area contributed by atoms with Crippen LogP contribution in [0, 0.1) is 11.3 Å². The van der Waals surface area contributed by atoms with Gasteiger partial charge in [-0.25, -0.2) is 4.99 Å². The van der Waals surface area contributed by atoms with Gasteiger partial charge in [0.15, 0.2) is 0 Å². The maximum absolute atomic E-state index is 9.05. The highest BCUT2D eigenvalue weighted by molar-refractivity contribution is 6.32. The van der Waals surface area contributed by atoms with Crippen molar-refractivity contribution in [3.05, 3.63) is 47.8 Å². The molecule has 24 heavy (non-hydrogen) atoms. The lowest BCUT2D eigenvalue weighted by Gasteiger charge is -2.18. The van der Waals surface area contributed by atoms with E-state index in [1.165, 1.54) is 0 Å². The third-order valence-electron chi connectivity index (χ3n) is 3.87. The van der Waals surface area contributed by atoms with Crippen molar-refractivity contribution in [3.8, 4) is 11.3 Å². The number of aromatic amines is 1. The van der Waals surface area contributed by atoms with Gasteiger partial charge in [-0.2, -0.15) is 5.10 Å². The zero-order valence-corrected chi connectivity index (χ0v) is 13.4. The molecular formula is C17H20N6O. The predicted octanol–water partition coefficient (Wildman–Crippen LogP) is 1.55. The molecule has 1 aliphatic heterocycles. The molecule has 0 bridgehead atoms. The van der Waals surface area contributed by atoms with Gasteiger partial charge in [0.05, 0.1) is 22.7 Å². The lowest BCUT2D eigenvalue weighted by Crippen LogP contribution is -2.28. The van der Waals surface area contributed by atoms with Crippen molar-refractivity contribution in [3.63, 3.8) is 0 Å². The summed E-state index contributed by atoms with van der Waals surface area (Å²) in [5, 5.41) is 27.5. The molecule has 7 heteroatoms. The number of fused-ring (bicyclic) bond motifs is 1. The molecule has 1 atom stereocenters. The van der Waals surface area contributed by atoms with E-state index in [2.05, 4.69) is 20.5 Å². The summed E-state index contributed by atoms with van der Waals surface area (Å²) in [6.45, 7) is 2.64. The van der Waals surface area contributed by atoms with Crippen molar-refractivity contribution < 1.29 is 5.11 Å². The quantitative estimate of drug-likeness (QED) is 0.572. The van der Waals surface area contributed by atoms with E-state index in [0.717, 1.165) is 16.8 Å². The van der Waals surface area contributed by atoms with E-state index < -0.39 is 0 Å². The molecule has 1 aromatic heterocycles. The molecule has 0 radical (unpaired) electrons. The Labute approximate surface area is 139 Å². The first-order valence-electron chi connectivity index (χ1n) is 7.72. The van der Waals surface area contributed by atoms with Gasteiger partial charge in [0.2, 0.25) is 0 Å². The second-order valence-electron chi connectivity index (χ2n) is 5.82. The molecule has 7 nitrogen and oxygen atoms in total. The monoisotopic (exact) mass is 324 g/mol. The second-order valence-corrected chi connectivity index (χ2v) is 5.82. The standard InChI is InChI=1S/C17H20N6O/c1-10(9-24)7-20-8-13-16(18)12-3-2-11(14-4-5-21-23-14)6-15(12)22-17(13)19/h2-6,8,10,18,20,24H,7,9H2,1H3,(H2,19,22)(H,21,23)/b13-8+,18-16?. The SMILES string of the molecule is CC(CO)CN/C=C1\C(=N)c2ccc(-c3cc[nH]n3)cc2N=C1N. The van der Waals surface area contributed by atoms with Crippen LogP contribution in [0.4, 0.5) is 5.69 Å². The number of aliphatic hydroxyl groups is 1. The number of aliphatic imine (C=N–C) groups is 1. The molecule has 1 unspecified atom stereocenters. The molecule has 0 spiro atoms. The van der Waals surface area contributed by atoms with Crippen LogP contribution >= 0.6 is 0 Å². The van der Waals surface area contributed by atoms with Crippen LogP contribution < -0.4 is 11.1 Å². The number of hydrogen-bond donors (Lipinski definition) is 5. The fourth-order valence-electron chi connectivity index (χ4n) is 2.45. The summed E-state index contributed by atoms with van der Waals surface area (Å²) in [4.78, 5) is 4.42. The fraction of sp³-hybridized carbons (Fsp3) is 0.235. The van der Waals surface area contributed by atoms with Crippen LogP contribution in [0.25, 0.3) is 11.3 Å². The molecule has 124 valence electrons. The van der Waals surface area contributed by atoms with Gasteiger partial charge >= 0.3 is 0 Å². The van der Waals surface area contributed by atoms with Crippen LogP contribution in [0.2, 0.25) is 0 Å². The van der Waals surface area contributed by atoms with E-state index in [1.54, 1.807) is 12.4 Å². The highest BCUT2D eigenvalue weighted by atomic mass is 16.3. The Kier molecular flexibility index (Phi) is 4.43. The number of amidine groups is 1. The number of aromatic nitrogens is 2. The zero-order valence-electron chi connectivity index (χ0n) is 13.4. The molecule has 1 aliphatic rings. The van der Waals surface area contributed by atoms with Gasteiger partial charge in [-0.3, -0.25) is 10.5 Å². The van der Waals surface area contributed by atoms with Crippen LogP contribution in [0.5, 0.6) is 0 Å². The molecular weight excluding hydrogens is 304 g/mol. The lowest BCUT2D eigenvalue weighted by atomic mass is 9.95. The number of benzene rings is 1. The molecule has 6 N–H and O–H groups in total. The number of nitrogens with zero attached hydrogens (tertiary/aromatic N) is 2. The summed E-state index contributed by atoms with van der Waals surface area (Å²) in [5.41, 5.74) is 10.0. The van der Waals surface area contributed by atoms with E-state index in [1.807, 2.05) is 31.2 Å². The molecule has 3 rings (SSSR count). The van der Waals surface area contributed by atoms with Crippen LogP contribution in [0.3, 0.4) is 0 Å². The van der Waals surface area contributed by atoms with Crippen LogP contribution in [-0.4, -0.2) is 40.0 Å². The Morgan fingerprint density at radius 3 is 2.96 bits per heavy atom. The van der Waals surface area contributed by atoms with Gasteiger partial charge in [-0.1, -0.05) is 13.0 Å². The molecule has 0 fully saturated rings. The summed E-state index contributed by atoms with van der Waals surface area (Å²) < 4.78 is 0. The molecule has 0 saturated carbocycles. The fourth-order valence-corrected chi connectivity index (χ4v) is 2.45. The number of hydrogen-bond acceptors (Lipinski definition) is 6. The Morgan fingerprint density at radius 2 is 2.25 bits per heavy atom. The summed E-state index contributed by atoms with van der Waals surface area (Å²) in [7, 11) is 0. The molecule has 1 aromatic carbocycles. The van der Waals surface area contributed by atoms with E-state index in [9.17, 15) is 0 Å². The first kappa shape index (κ1) is 15.9. The smallest absolute Gasteiger partial charge is 0.135 e. The van der Waals surface area contributed by atoms with Gasteiger partial charge in [0.1, 0.15) is 5.84 Å². The average molecular weight is 324 g/mol. The molecule has 0 aliphatic carbocycles. The Morgan fingerprint density at radius 1 is 1.42 bits per heavy atom. The normalized spacial score (nSPS) is 16.7. The van der Waals surface area contributed by atoms with Gasteiger partial charge < -0.3 is 16.2 Å². The Hall–Kier alpha value is -2.93. The third-order valence-corrected chi connectivity index (χ3v) is 3.87. The van der Waals surface area contributed by atoms with Gasteiger partial charge in [-0.05, 0) is 24.1 Å². The van der Waals surface area contributed by atoms with Crippen LogP contribution in [-0.2, 0) is 0 Å². The van der Waals surface area contributed by atoms with Crippen molar-refractivity contribution in [1.29, 1.82) is 5.41 Å². The zero-order chi connectivity index (χ0) is 17.1. The highest BCUT2D eigenvalue weighted by Crippen LogP contribution is 2.31. The van der Waals surface area contributed by atoms with Crippen molar-refractivity contribution in [2.24, 2.45) is 16.6 Å². The minimum absolute atomic E-state index is 0.107. The molecule has 2 heterocycles. The maximum Gasteiger partial charge on any atom is 0.135 e. The summed E-state index contributed by atoms with van der Waals surface area (Å²) in [5.74, 6) is 0.428. The number of nitrogens with two attached hydrogens (primary N) is 1. The van der Waals surface area contributed by atoms with Crippen LogP contribution in [0.15, 0.2) is 47.2 Å². The summed E-state index contributed by atoms with van der Waals surface area (Å²) in [6.07, 6.45) is 3.45. The van der Waals surface area contributed by atoms with Crippen molar-refractivity contribution in [2.75, 3.05) is 13.2 Å². The second kappa shape index (κ2) is 6.67. The van der Waals surface area contributed by atoms with Crippen LogP contribution in [0.1, 0.15) is 12.5 Å². The van der Waals surface area contributed by atoms with Gasteiger partial charge in [-0.15, -0.1) is 0 Å². The average Bonchev–Trinajstić information content (AvgIpc) is 3.11. The summed E-state index contributed by atoms with van der Waals surface area (Å²) >= 11 is 0. The topological polar surface area (TPSA) is 123 Å². The van der Waals surface area contributed by atoms with E-state index in [-0.39, 0.29) is 12.5 Å². The maximum atomic E-state index is 9.05. The van der Waals surface area contributed by atoms with E-state index in [4.69, 9.17) is 16.2 Å². The number of nitrogens with one attached hydrogen (secondary N) is 3. The molecule has 0 saturated heterocycles. The molecule has 2 aromatic rings. The molecule has 0 amide bonds. The van der Waals surface area contributed by atoms with Crippen molar-refractivity contribution in [1.82, 2.24) is 15.5 Å². The summed E-state index contributed by atoms with van der Waals surface area (Å²) in [6, 6.07) is 7.53. The number of rotatable bonds is 5. The minimum Gasteiger partial charge on any atom is -0.396 e. The number of aliphatic hydroxyl groups excluding tert-OH is 1. The highest BCUT2D eigenvalue weighted by Gasteiger charge is 2.21. The first-order valence-corrected chi connectivity index (χ1v) is 7.72. The first-order chi connectivity index (χ1) is 11.6. The number of H-pyrrole nitrogens is 1. The van der Waals surface area contributed by atoms with Crippen molar-refractivity contribution >= 4 is 17.2 Å². The Balaban J connectivity index is 1.88. The lowest BCUT2D eigenvalue weighted by molar-refractivity contribution is 0.237. The third kappa shape index (κ3) is 3.07. The van der Waals surface area contributed by atoms with E-state index >= 15 is 0 Å². The largest absolute Gasteiger partial charge is 0.396 e. The van der Waals surface area contributed by atoms with Gasteiger partial charge in [0, 0.05) is 36.7 Å².